The molecule has 11 saturated heterocycles. The van der Waals surface area contributed by atoms with Crippen LogP contribution in [0.1, 0.15) is 41.5 Å². The van der Waals surface area contributed by atoms with Gasteiger partial charge in [-0.05, 0) is 13.8 Å². The van der Waals surface area contributed by atoms with Gasteiger partial charge in [0.15, 0.2) is 69.2 Å². The maximum Gasteiger partial charge on any atom is 0.217 e. The van der Waals surface area contributed by atoms with Gasteiger partial charge < -0.3 is 279 Å². The Kier molecular flexibility index (Phi) is 41.9. The zero-order valence-electron chi connectivity index (χ0n) is 75.2. The van der Waals surface area contributed by atoms with E-state index in [1.54, 1.807) is 0 Å². The third kappa shape index (κ3) is 25.8. The van der Waals surface area contributed by atoms with Gasteiger partial charge in [-0.1, -0.05) is 0 Å². The minimum Gasteiger partial charge on any atom is -0.394 e. The van der Waals surface area contributed by atoms with Crippen LogP contribution in [-0.4, -0.2) is 594 Å². The van der Waals surface area contributed by atoms with E-state index in [1.165, 1.54) is 13.8 Å². The summed E-state index contributed by atoms with van der Waals surface area (Å²) < 4.78 is 133. The van der Waals surface area contributed by atoms with E-state index in [0.717, 1.165) is 27.7 Å². The first-order chi connectivity index (χ1) is 65.9. The van der Waals surface area contributed by atoms with Gasteiger partial charge in [0.1, 0.15) is 256 Å². The van der Waals surface area contributed by atoms with E-state index in [2.05, 4.69) is 26.6 Å². The van der Waals surface area contributed by atoms with Gasteiger partial charge >= 0.3 is 0 Å². The summed E-state index contributed by atoms with van der Waals surface area (Å²) in [5.74, 6) is -4.13. The zero-order valence-corrected chi connectivity index (χ0v) is 75.2. The van der Waals surface area contributed by atoms with Crippen molar-refractivity contribution < 1.29 is 276 Å². The molecule has 0 aliphatic carbocycles. The molecule has 11 aliphatic rings. The number of aliphatic hydroxyl groups excluding tert-OH is 29. The molecule has 11 fully saturated rings. The highest BCUT2D eigenvalue weighted by Gasteiger charge is 2.64. The van der Waals surface area contributed by atoms with E-state index >= 15 is 0 Å². The average molecular weight is 2030 g/mol. The van der Waals surface area contributed by atoms with Crippen LogP contribution >= 0.6 is 0 Å². The molecule has 56 atom stereocenters. The lowest BCUT2D eigenvalue weighted by molar-refractivity contribution is -0.401. The third-order valence-electron chi connectivity index (χ3n) is 25.5. The highest BCUT2D eigenvalue weighted by Crippen LogP contribution is 2.43. The van der Waals surface area contributed by atoms with Crippen LogP contribution < -0.4 is 26.6 Å². The summed E-state index contributed by atoms with van der Waals surface area (Å²) in [5.41, 5.74) is 0. The number of aliphatic hydroxyl groups is 29. The molecule has 0 aromatic carbocycles. The predicted octanol–water partition coefficient (Wildman–Crippen LogP) is -23.2. The van der Waals surface area contributed by atoms with Crippen molar-refractivity contribution in [1.82, 2.24) is 26.6 Å². The first kappa shape index (κ1) is 115. The van der Waals surface area contributed by atoms with Crippen molar-refractivity contribution in [3.8, 4) is 0 Å². The van der Waals surface area contributed by atoms with Crippen LogP contribution in [0.4, 0.5) is 0 Å². The van der Waals surface area contributed by atoms with Gasteiger partial charge in [0.05, 0.1) is 90.9 Å². The van der Waals surface area contributed by atoms with Crippen LogP contribution in [0.15, 0.2) is 0 Å². The molecule has 0 spiro atoms. The van der Waals surface area contributed by atoms with Crippen LogP contribution in [0.2, 0.25) is 0 Å². The summed E-state index contributed by atoms with van der Waals surface area (Å²) in [5, 5.41) is 341. The van der Waals surface area contributed by atoms with Gasteiger partial charge in [-0.15, -0.1) is 0 Å². The lowest BCUT2D eigenvalue weighted by Gasteiger charge is -2.52. The highest BCUT2D eigenvalue weighted by molar-refractivity contribution is 5.74. The molecule has 61 nitrogen and oxygen atoms in total. The summed E-state index contributed by atoms with van der Waals surface area (Å²) in [4.78, 5) is 64.9. The Balaban J connectivity index is 0.969. The number of nitrogens with one attached hydrogen (secondary N) is 5. The number of rotatable bonds is 39. The minimum absolute atomic E-state index is 0.225. The quantitative estimate of drug-likeness (QED) is 0.0254. The molecule has 5 amide bonds. The van der Waals surface area contributed by atoms with Crippen LogP contribution in [0.25, 0.3) is 0 Å². The summed E-state index contributed by atoms with van der Waals surface area (Å²) in [6, 6.07) is -9.33. The van der Waals surface area contributed by atoms with Gasteiger partial charge in [-0.25, -0.2) is 0 Å². The molecule has 0 aromatic heterocycles. The van der Waals surface area contributed by atoms with Gasteiger partial charge in [0.25, 0.3) is 0 Å². The molecule has 11 aliphatic heterocycles. The van der Waals surface area contributed by atoms with E-state index in [0.29, 0.717) is 0 Å². The van der Waals surface area contributed by atoms with Crippen molar-refractivity contribution in [2.45, 2.75) is 385 Å². The molecular weight excluding hydrogens is 1900 g/mol. The lowest BCUT2D eigenvalue weighted by atomic mass is 9.93. The normalized spacial score (nSPS) is 48.6. The molecule has 34 N–H and O–H groups in total. The molecule has 11 rings (SSSR count). The fourth-order valence-electron chi connectivity index (χ4n) is 17.9. The lowest BCUT2D eigenvalue weighted by Crippen LogP contribution is -2.72. The van der Waals surface area contributed by atoms with Crippen LogP contribution in [-0.2, 0) is 128 Å². The molecule has 0 unspecified atom stereocenters. The second kappa shape index (κ2) is 50.8. The molecular formula is C78H131N5O56. The van der Waals surface area contributed by atoms with E-state index in [9.17, 15) is 172 Å². The van der Waals surface area contributed by atoms with E-state index in [-0.39, 0.29) is 6.41 Å². The molecule has 0 aromatic rings. The largest absolute Gasteiger partial charge is 0.394 e. The Labute approximate surface area is 788 Å². The van der Waals surface area contributed by atoms with Gasteiger partial charge in [-0.3, -0.25) is 24.0 Å². The summed E-state index contributed by atoms with van der Waals surface area (Å²) in [6.07, 6.45) is -109. The summed E-state index contributed by atoms with van der Waals surface area (Å²) in [7, 11) is 0. The van der Waals surface area contributed by atoms with Crippen molar-refractivity contribution in [3.05, 3.63) is 0 Å². The van der Waals surface area contributed by atoms with Crippen LogP contribution in [0.5, 0.6) is 0 Å². The summed E-state index contributed by atoms with van der Waals surface area (Å²) >= 11 is 0. The molecule has 61 heteroatoms. The van der Waals surface area contributed by atoms with Crippen molar-refractivity contribution in [2.24, 2.45) is 0 Å². The minimum atomic E-state index is -2.73. The molecule has 139 heavy (non-hydrogen) atoms. The zero-order chi connectivity index (χ0) is 102. The van der Waals surface area contributed by atoms with Gasteiger partial charge in [0, 0.05) is 27.7 Å². The van der Waals surface area contributed by atoms with Crippen LogP contribution in [0, 0.1) is 0 Å². The molecule has 0 saturated carbocycles. The highest BCUT2D eigenvalue weighted by atomic mass is 16.8. The van der Waals surface area contributed by atoms with Crippen molar-refractivity contribution in [3.63, 3.8) is 0 Å². The average Bonchev–Trinajstić information content (AvgIpc) is 0.751. The van der Waals surface area contributed by atoms with Crippen molar-refractivity contribution in [2.75, 3.05) is 72.7 Å². The number of carbonyl (C=O) groups is 5. The van der Waals surface area contributed by atoms with E-state index in [4.69, 9.17) is 104 Å². The number of amides is 5. The Morgan fingerprint density at radius 1 is 0.252 bits per heavy atom. The monoisotopic (exact) mass is 2030 g/mol. The topological polar surface area (TPSA) is 935 Å². The predicted molar refractivity (Wildman–Crippen MR) is 430 cm³/mol. The Bertz CT molecular complexity index is 3810. The Hall–Kier alpha value is -4.69. The Morgan fingerprint density at radius 3 is 0.950 bits per heavy atom. The van der Waals surface area contributed by atoms with E-state index in [1.807, 2.05) is 0 Å². The Morgan fingerprint density at radius 2 is 0.532 bits per heavy atom. The molecule has 804 valence electrons. The molecule has 11 heterocycles. The standard InChI is InChI=1S/C78H131N5O56/c1-19-39(98)50(109)54(113)73(120-19)138-66-52(111)42(101)27(9-86)127-77(66)133-60-36(81-22(4)95)68(122-28(10-87)43(60)102)119-17-34-48(107)64(58(117)76(130-34)132-61-37(82-23(5)96)70(124-29(11-88)44(61)103)135-63-46(105)31(13-90)126-75(57(63)116)131-59-33(15-92)129-72(56(115)53(59)112)118-16-25(7-84)79-18-93)136-71-38(83-24(6)97)62(45(104)30(12-89)125-71)134-78-67(139-74-55(114)51(110)40(99)20(2)121-74)65(47(106)32(14-91)128-78)137-69-35(80-21(3)94)49(108)41(100)26(8-85)123-69/h18-20,25-78,84-92,98-117H,7-17H2,1-6H3,(H,79,93)(H,80,94)(H,81,95)(H,82,96)(H,83,97)/t19-,20-,25+,26+,27+,28+,29+,30+,31+,32+,33+,34+,35+,36+,37+,38+,39+,40+,41-,42-,43+,44+,45+,46-,47-,48-,49+,50+,51+,52-,53+,54-,55-,56+,57+,58+,59+,60+,61+,62+,63-,64-,65-,66+,67+,68+,69+,70-,71-,72+,73-,74-,75-,76-,77-,78-/m0/s1. The first-order valence-electron chi connectivity index (χ1n) is 44.6. The van der Waals surface area contributed by atoms with Crippen molar-refractivity contribution in [1.29, 1.82) is 0 Å². The second-order valence-electron chi connectivity index (χ2n) is 35.2. The maximum atomic E-state index is 13.9. The van der Waals surface area contributed by atoms with Gasteiger partial charge in [-0.2, -0.15) is 0 Å². The van der Waals surface area contributed by atoms with Gasteiger partial charge in [0.2, 0.25) is 30.0 Å². The number of ether oxygens (including phenoxy) is 22. The smallest absolute Gasteiger partial charge is 0.217 e. The number of carbonyl (C=O) groups excluding carboxylic acids is 5. The number of hydrogen-bond donors (Lipinski definition) is 34. The van der Waals surface area contributed by atoms with Crippen LogP contribution in [0.3, 0.4) is 0 Å². The maximum absolute atomic E-state index is 13.9. The first-order valence-corrected chi connectivity index (χ1v) is 44.6. The SMILES string of the molecule is CC(=O)N[C@H]1[C@@H](O[C@H]2[C@@H](O)[C@@H](CO)O[C@@H](O[C@H]3[C@H](O)[C@@H](CO)O[C@@H](O[C@H]4[C@@H](O)[C@@H](CO[C@@H]5O[C@H](CO)[C@@H](O)[C@H](O[C@@H]6O[C@H](CO)[C@H](O)[C@H](O)[C@H]6O[C@@H]6O[C@@H](C)[C@@H](O)[C@@H](O)[C@@H]6O)[C@H]5NC(C)=O)O[C@@H](O[C@H]5[C@H](O)[C@@H](CO)O[C@@H](O[C@H]6[C@@H](O)[C@@H](CO)O[C@@H](O[C@H]7[C@H](O)[C@@H](O)[C@H](OC[C@@H](CO)NC=O)O[C@@H]7CO)[C@@H]6O)[C@@H]5NC(C)=O)[C@@H]4O)[C@@H]3NC(C)=O)[C@@H]2O[C@@H]2O[C@@H](C)[C@@H](O)[C@@H](O)[C@@H]2O)O[C@H](CO)[C@H](O)[C@@H]1O. The third-order valence-corrected chi connectivity index (χ3v) is 25.5. The number of hydrogen-bond acceptors (Lipinski definition) is 56. The molecule has 0 radical (unpaired) electrons. The van der Waals surface area contributed by atoms with Crippen molar-refractivity contribution >= 4 is 30.0 Å². The fraction of sp³-hybridized carbons (Fsp3) is 0.936. The fourth-order valence-corrected chi connectivity index (χ4v) is 17.9. The van der Waals surface area contributed by atoms with E-state index < -0.39 is 440 Å². The second-order valence-corrected chi connectivity index (χ2v) is 35.2. The summed E-state index contributed by atoms with van der Waals surface area (Å²) in [6.45, 7) is -5.89. The molecule has 0 bridgehead atoms.